The second-order valence-corrected chi connectivity index (χ2v) is 5.14. The Morgan fingerprint density at radius 2 is 2.24 bits per heavy atom. The van der Waals surface area contributed by atoms with Gasteiger partial charge in [-0.2, -0.15) is 0 Å². The minimum Gasteiger partial charge on any atom is -0.374 e. The average molecular weight is 251 g/mol. The lowest BCUT2D eigenvalue weighted by molar-refractivity contribution is -0.118. The number of Topliss-reactive ketones (excluding diaryl/α,β-unsaturated/α-hetero) is 1. The Labute approximate surface area is 106 Å². The van der Waals surface area contributed by atoms with Crippen molar-refractivity contribution in [2.75, 3.05) is 0 Å². The van der Waals surface area contributed by atoms with Crippen molar-refractivity contribution in [3.8, 4) is 0 Å². The van der Waals surface area contributed by atoms with Crippen molar-refractivity contribution in [1.29, 1.82) is 0 Å². The highest BCUT2D eigenvalue weighted by molar-refractivity contribution is 7.95. The molecule has 0 radical (unpaired) electrons. The summed E-state index contributed by atoms with van der Waals surface area (Å²) in [6.07, 6.45) is 4.08. The van der Waals surface area contributed by atoms with Crippen LogP contribution in [0.2, 0.25) is 0 Å². The quantitative estimate of drug-likeness (QED) is 0.752. The molecule has 0 aromatic heterocycles. The maximum Gasteiger partial charge on any atom is 0.151 e. The molecule has 17 heavy (non-hydrogen) atoms. The van der Waals surface area contributed by atoms with E-state index >= 15 is 0 Å². The first kappa shape index (κ1) is 12.1. The van der Waals surface area contributed by atoms with E-state index in [2.05, 4.69) is 34.3 Å². The minimum absolute atomic E-state index is 0.141. The lowest BCUT2D eigenvalue weighted by Gasteiger charge is -2.29. The van der Waals surface area contributed by atoms with E-state index < -0.39 is 0 Å². The van der Waals surface area contributed by atoms with Gasteiger partial charge in [-0.15, -0.1) is 0 Å². The minimum atomic E-state index is -0.167. The standard InChI is InChI=1S/C12H17N3OS/c1-7-5-8(2)15-11(6-13-17-15)12(7)14-9(3)10(4)16/h5-6,9,13-14H,1-4H3. The summed E-state index contributed by atoms with van der Waals surface area (Å²) in [6.45, 7) is 7.61. The van der Waals surface area contributed by atoms with E-state index in [1.807, 2.05) is 13.1 Å². The number of allylic oxidation sites excluding steroid dienone is 3. The largest absolute Gasteiger partial charge is 0.374 e. The number of hydrogen-bond acceptors (Lipinski definition) is 5. The summed E-state index contributed by atoms with van der Waals surface area (Å²) in [7, 11) is 0. The number of ketones is 1. The number of carbonyl (C=O) groups is 1. The molecule has 0 fully saturated rings. The Hall–Kier alpha value is -1.36. The molecule has 2 heterocycles. The van der Waals surface area contributed by atoms with E-state index in [1.165, 1.54) is 17.8 Å². The van der Waals surface area contributed by atoms with E-state index in [1.54, 1.807) is 6.92 Å². The third kappa shape index (κ3) is 2.20. The maximum atomic E-state index is 11.3. The second-order valence-electron chi connectivity index (χ2n) is 4.35. The molecular formula is C12H17N3OS. The van der Waals surface area contributed by atoms with Gasteiger partial charge in [0.2, 0.25) is 0 Å². The molecule has 92 valence electrons. The summed E-state index contributed by atoms with van der Waals surface area (Å²) in [4.78, 5) is 11.3. The van der Waals surface area contributed by atoms with Gasteiger partial charge in [0.05, 0.1) is 29.6 Å². The molecule has 2 aliphatic heterocycles. The highest BCUT2D eigenvalue weighted by atomic mass is 32.2. The first-order valence-electron chi connectivity index (χ1n) is 5.60. The van der Waals surface area contributed by atoms with Gasteiger partial charge in [0, 0.05) is 11.9 Å². The fourth-order valence-electron chi connectivity index (χ4n) is 1.83. The van der Waals surface area contributed by atoms with Crippen molar-refractivity contribution >= 4 is 17.9 Å². The zero-order valence-corrected chi connectivity index (χ0v) is 11.3. The molecule has 0 aromatic rings. The summed E-state index contributed by atoms with van der Waals surface area (Å²) in [5.41, 5.74) is 4.45. The molecule has 0 amide bonds. The number of nitrogens with zero attached hydrogens (tertiary/aromatic N) is 1. The molecule has 5 heteroatoms. The first-order valence-corrected chi connectivity index (χ1v) is 6.37. The fourth-order valence-corrected chi connectivity index (χ4v) is 2.54. The number of nitrogens with one attached hydrogen (secondary N) is 2. The van der Waals surface area contributed by atoms with E-state index in [4.69, 9.17) is 0 Å². The fraction of sp³-hybridized carbons (Fsp3) is 0.417. The van der Waals surface area contributed by atoms with Crippen LogP contribution in [0.3, 0.4) is 0 Å². The predicted molar refractivity (Wildman–Crippen MR) is 70.4 cm³/mol. The molecule has 1 unspecified atom stereocenters. The lowest BCUT2D eigenvalue weighted by Crippen LogP contribution is -2.35. The Bertz CT molecular complexity index is 451. The van der Waals surface area contributed by atoms with Crippen molar-refractivity contribution < 1.29 is 4.79 Å². The monoisotopic (exact) mass is 251 g/mol. The van der Waals surface area contributed by atoms with Gasteiger partial charge in [-0.25, -0.2) is 0 Å². The third-order valence-corrected chi connectivity index (χ3v) is 3.82. The molecule has 4 nitrogen and oxygen atoms in total. The smallest absolute Gasteiger partial charge is 0.151 e. The lowest BCUT2D eigenvalue weighted by atomic mass is 10.1. The van der Waals surface area contributed by atoms with Crippen LogP contribution < -0.4 is 10.0 Å². The van der Waals surface area contributed by atoms with Crippen LogP contribution in [0.15, 0.2) is 34.9 Å². The number of hydrogen-bond donors (Lipinski definition) is 2. The first-order chi connectivity index (χ1) is 8.00. The molecule has 0 aromatic carbocycles. The summed E-state index contributed by atoms with van der Waals surface area (Å²) in [6, 6.07) is -0.167. The molecule has 2 aliphatic rings. The Morgan fingerprint density at radius 3 is 2.88 bits per heavy atom. The molecule has 0 saturated carbocycles. The van der Waals surface area contributed by atoms with E-state index in [0.717, 1.165) is 17.0 Å². The van der Waals surface area contributed by atoms with Gasteiger partial charge < -0.3 is 10.0 Å². The topological polar surface area (TPSA) is 44.4 Å². The van der Waals surface area contributed by atoms with Gasteiger partial charge in [0.25, 0.3) is 0 Å². The molecule has 0 spiro atoms. The van der Waals surface area contributed by atoms with Gasteiger partial charge in [0.1, 0.15) is 0 Å². The maximum absolute atomic E-state index is 11.3. The van der Waals surface area contributed by atoms with Gasteiger partial charge in [-0.05, 0) is 39.3 Å². The van der Waals surface area contributed by atoms with Crippen molar-refractivity contribution in [2.45, 2.75) is 33.7 Å². The second kappa shape index (κ2) is 4.49. The number of fused-ring (bicyclic) bond motifs is 1. The third-order valence-electron chi connectivity index (χ3n) is 2.93. The van der Waals surface area contributed by atoms with E-state index in [0.29, 0.717) is 0 Å². The summed E-state index contributed by atoms with van der Waals surface area (Å²) < 4.78 is 5.24. The molecule has 1 atom stereocenters. The Balaban J connectivity index is 2.30. The average Bonchev–Trinajstić information content (AvgIpc) is 2.72. The van der Waals surface area contributed by atoms with Crippen LogP contribution in [0, 0.1) is 0 Å². The molecule has 0 saturated heterocycles. The van der Waals surface area contributed by atoms with Gasteiger partial charge in [-0.1, -0.05) is 0 Å². The van der Waals surface area contributed by atoms with Crippen LogP contribution in [0.25, 0.3) is 0 Å². The Morgan fingerprint density at radius 1 is 1.53 bits per heavy atom. The van der Waals surface area contributed by atoms with Gasteiger partial charge >= 0.3 is 0 Å². The molecule has 0 aliphatic carbocycles. The van der Waals surface area contributed by atoms with Crippen LogP contribution in [0.1, 0.15) is 27.7 Å². The van der Waals surface area contributed by atoms with Crippen molar-refractivity contribution in [3.05, 3.63) is 34.9 Å². The van der Waals surface area contributed by atoms with Crippen LogP contribution in [-0.4, -0.2) is 16.1 Å². The molecular weight excluding hydrogens is 234 g/mol. The predicted octanol–water partition coefficient (Wildman–Crippen LogP) is 2.05. The number of rotatable bonds is 3. The zero-order chi connectivity index (χ0) is 12.6. The van der Waals surface area contributed by atoms with Crippen molar-refractivity contribution in [3.63, 3.8) is 0 Å². The normalized spacial score (nSPS) is 20.4. The molecule has 2 N–H and O–H groups in total. The summed E-state index contributed by atoms with van der Waals surface area (Å²) in [5.74, 6) is 0.141. The van der Waals surface area contributed by atoms with Crippen LogP contribution in [0.5, 0.6) is 0 Å². The van der Waals surface area contributed by atoms with Gasteiger partial charge in [0.15, 0.2) is 5.78 Å². The highest BCUT2D eigenvalue weighted by Crippen LogP contribution is 2.35. The zero-order valence-electron chi connectivity index (χ0n) is 10.5. The summed E-state index contributed by atoms with van der Waals surface area (Å²) >= 11 is 1.54. The van der Waals surface area contributed by atoms with Gasteiger partial charge in [-0.3, -0.25) is 9.10 Å². The number of carbonyl (C=O) groups excluding carboxylic acids is 1. The van der Waals surface area contributed by atoms with Crippen molar-refractivity contribution in [1.82, 2.24) is 14.3 Å². The molecule has 2 rings (SSSR count). The van der Waals surface area contributed by atoms with E-state index in [-0.39, 0.29) is 11.8 Å². The van der Waals surface area contributed by atoms with Crippen molar-refractivity contribution in [2.24, 2.45) is 0 Å². The molecule has 0 bridgehead atoms. The van der Waals surface area contributed by atoms with E-state index in [9.17, 15) is 4.79 Å². The van der Waals surface area contributed by atoms with Crippen LogP contribution >= 0.6 is 12.1 Å². The van der Waals surface area contributed by atoms with Crippen LogP contribution in [0.4, 0.5) is 0 Å². The highest BCUT2D eigenvalue weighted by Gasteiger charge is 2.27. The Kier molecular flexibility index (Phi) is 3.19. The summed E-state index contributed by atoms with van der Waals surface area (Å²) in [5, 5.41) is 3.28. The SMILES string of the molecule is CC(=O)C(C)NC1=C(C)C=C(C)N2SNC=C12. The van der Waals surface area contributed by atoms with Crippen LogP contribution in [-0.2, 0) is 4.79 Å².